The number of hydrogen-bond donors (Lipinski definition) is 1. The molecule has 0 aromatic carbocycles. The van der Waals surface area contributed by atoms with Gasteiger partial charge in [-0.05, 0) is 62.6 Å². The molecule has 0 spiro atoms. The van der Waals surface area contributed by atoms with E-state index >= 15 is 0 Å². The third kappa shape index (κ3) is 3.00. The van der Waals surface area contributed by atoms with Crippen molar-refractivity contribution in [3.8, 4) is 0 Å². The summed E-state index contributed by atoms with van der Waals surface area (Å²) in [5.74, 6) is 3.47. The molecule has 5 atom stereocenters. The Labute approximate surface area is 120 Å². The minimum absolute atomic E-state index is 0.781. The topological polar surface area (TPSA) is 15.3 Å². The fourth-order valence-corrected chi connectivity index (χ4v) is 4.86. The van der Waals surface area contributed by atoms with Crippen molar-refractivity contribution in [1.29, 1.82) is 0 Å². The molecule has 2 heterocycles. The molecule has 2 aliphatic rings. The summed E-state index contributed by atoms with van der Waals surface area (Å²) in [6, 6.07) is 1.59. The molecule has 2 fully saturated rings. The quantitative estimate of drug-likeness (QED) is 0.839. The summed E-state index contributed by atoms with van der Waals surface area (Å²) in [6.07, 6.45) is 4.09. The number of likely N-dealkylation sites (tertiary alicyclic amines) is 1. The van der Waals surface area contributed by atoms with Crippen LogP contribution < -0.4 is 5.32 Å². The molecule has 2 rings (SSSR count). The van der Waals surface area contributed by atoms with Crippen molar-refractivity contribution in [2.45, 2.75) is 66.0 Å². The van der Waals surface area contributed by atoms with E-state index in [0.29, 0.717) is 0 Å². The van der Waals surface area contributed by atoms with E-state index in [4.69, 9.17) is 0 Å². The van der Waals surface area contributed by atoms with Crippen molar-refractivity contribution < 1.29 is 0 Å². The predicted molar refractivity (Wildman–Crippen MR) is 83.3 cm³/mol. The molecule has 0 aromatic heterocycles. The molecule has 1 N–H and O–H groups in total. The predicted octanol–water partition coefficient (Wildman–Crippen LogP) is 3.38. The van der Waals surface area contributed by atoms with Crippen LogP contribution in [-0.2, 0) is 0 Å². The van der Waals surface area contributed by atoms with E-state index in [0.717, 1.165) is 35.8 Å². The zero-order valence-corrected chi connectivity index (χ0v) is 13.7. The van der Waals surface area contributed by atoms with Crippen LogP contribution in [0.25, 0.3) is 0 Å². The molecule has 0 aromatic rings. The third-order valence-corrected chi connectivity index (χ3v) is 5.96. The Bertz CT molecular complexity index is 276. The van der Waals surface area contributed by atoms with Gasteiger partial charge in [-0.1, -0.05) is 34.6 Å². The van der Waals surface area contributed by atoms with Crippen LogP contribution in [0.1, 0.15) is 53.9 Å². The molecule has 2 nitrogen and oxygen atoms in total. The molecule has 19 heavy (non-hydrogen) atoms. The van der Waals surface area contributed by atoms with Crippen LogP contribution in [0.5, 0.6) is 0 Å². The molecule has 112 valence electrons. The van der Waals surface area contributed by atoms with Gasteiger partial charge in [-0.15, -0.1) is 0 Å². The van der Waals surface area contributed by atoms with Crippen LogP contribution in [0.2, 0.25) is 0 Å². The number of rotatable bonds is 4. The average molecular weight is 266 g/mol. The lowest BCUT2D eigenvalue weighted by Gasteiger charge is -2.47. The van der Waals surface area contributed by atoms with E-state index < -0.39 is 0 Å². The van der Waals surface area contributed by atoms with Crippen LogP contribution in [0.3, 0.4) is 0 Å². The molecular weight excluding hydrogens is 232 g/mol. The van der Waals surface area contributed by atoms with Gasteiger partial charge in [0.05, 0.1) is 0 Å². The Morgan fingerprint density at radius 2 is 1.95 bits per heavy atom. The summed E-state index contributed by atoms with van der Waals surface area (Å²) in [4.78, 5) is 2.71. The minimum atomic E-state index is 0.781. The monoisotopic (exact) mass is 266 g/mol. The molecule has 0 aliphatic carbocycles. The van der Waals surface area contributed by atoms with Crippen molar-refractivity contribution in [2.24, 2.45) is 23.7 Å². The number of nitrogens with one attached hydrogen (secondary N) is 1. The highest BCUT2D eigenvalue weighted by molar-refractivity contribution is 4.97. The van der Waals surface area contributed by atoms with Gasteiger partial charge in [-0.25, -0.2) is 0 Å². The van der Waals surface area contributed by atoms with Crippen molar-refractivity contribution in [3.05, 3.63) is 0 Å². The molecule has 1 unspecified atom stereocenters. The Hall–Kier alpha value is -0.0800. The van der Waals surface area contributed by atoms with E-state index in [9.17, 15) is 0 Å². The number of piperidine rings is 1. The zero-order valence-electron chi connectivity index (χ0n) is 13.7. The average Bonchev–Trinajstić information content (AvgIpc) is 2.87. The van der Waals surface area contributed by atoms with Gasteiger partial charge in [0.15, 0.2) is 0 Å². The van der Waals surface area contributed by atoms with Crippen molar-refractivity contribution in [2.75, 3.05) is 19.6 Å². The lowest BCUT2D eigenvalue weighted by atomic mass is 9.71. The summed E-state index contributed by atoms with van der Waals surface area (Å²) in [5, 5.41) is 3.85. The molecule has 2 saturated heterocycles. The van der Waals surface area contributed by atoms with E-state index in [1.54, 1.807) is 0 Å². The maximum Gasteiger partial charge on any atom is 0.0130 e. The van der Waals surface area contributed by atoms with E-state index in [-0.39, 0.29) is 0 Å². The summed E-state index contributed by atoms with van der Waals surface area (Å²) < 4.78 is 0. The smallest absolute Gasteiger partial charge is 0.0130 e. The summed E-state index contributed by atoms with van der Waals surface area (Å²) >= 11 is 0. The van der Waals surface area contributed by atoms with Crippen molar-refractivity contribution in [1.82, 2.24) is 10.2 Å². The van der Waals surface area contributed by atoms with Crippen LogP contribution in [0, 0.1) is 23.7 Å². The Morgan fingerprint density at radius 3 is 2.53 bits per heavy atom. The molecule has 0 saturated carbocycles. The van der Waals surface area contributed by atoms with E-state index in [1.807, 2.05) is 0 Å². The highest BCUT2D eigenvalue weighted by atomic mass is 15.2. The Kier molecular flexibility index (Phi) is 5.30. The van der Waals surface area contributed by atoms with E-state index in [2.05, 4.69) is 44.8 Å². The van der Waals surface area contributed by atoms with Crippen LogP contribution >= 0.6 is 0 Å². The maximum atomic E-state index is 3.85. The molecule has 0 amide bonds. The first-order valence-corrected chi connectivity index (χ1v) is 8.57. The Balaban J connectivity index is 2.08. The molecule has 0 radical (unpaired) electrons. The van der Waals surface area contributed by atoms with E-state index in [1.165, 1.54) is 38.9 Å². The van der Waals surface area contributed by atoms with Gasteiger partial charge in [0, 0.05) is 12.1 Å². The van der Waals surface area contributed by atoms with Crippen molar-refractivity contribution >= 4 is 0 Å². The Morgan fingerprint density at radius 1 is 1.21 bits per heavy atom. The standard InChI is InChI=1S/C17H34N2/c1-6-16-13(5)15(9-11-19(16)7-2)17-14(12(3)4)8-10-18-17/h12-18H,6-11H2,1-5H3/t13-,14-,15?,16-,17-/m0/s1. The van der Waals surface area contributed by atoms with Gasteiger partial charge >= 0.3 is 0 Å². The lowest BCUT2D eigenvalue weighted by molar-refractivity contribution is 0.0332. The van der Waals surface area contributed by atoms with Gasteiger partial charge in [0.1, 0.15) is 0 Å². The van der Waals surface area contributed by atoms with Gasteiger partial charge in [-0.2, -0.15) is 0 Å². The zero-order chi connectivity index (χ0) is 14.0. The van der Waals surface area contributed by atoms with Crippen LogP contribution in [-0.4, -0.2) is 36.6 Å². The fourth-order valence-electron chi connectivity index (χ4n) is 4.86. The van der Waals surface area contributed by atoms with Gasteiger partial charge in [-0.3, -0.25) is 0 Å². The normalized spacial score (nSPS) is 41.1. The highest BCUT2D eigenvalue weighted by Gasteiger charge is 2.42. The lowest BCUT2D eigenvalue weighted by Crippen LogP contribution is -2.53. The molecule has 0 bridgehead atoms. The van der Waals surface area contributed by atoms with Crippen LogP contribution in [0.4, 0.5) is 0 Å². The van der Waals surface area contributed by atoms with Gasteiger partial charge in [0.25, 0.3) is 0 Å². The summed E-state index contributed by atoms with van der Waals surface area (Å²) in [6.45, 7) is 15.8. The fraction of sp³-hybridized carbons (Fsp3) is 1.00. The highest BCUT2D eigenvalue weighted by Crippen LogP contribution is 2.39. The summed E-state index contributed by atoms with van der Waals surface area (Å²) in [5.41, 5.74) is 0. The van der Waals surface area contributed by atoms with Crippen molar-refractivity contribution in [3.63, 3.8) is 0 Å². The second kappa shape index (κ2) is 6.58. The molecular formula is C17H34N2. The first kappa shape index (κ1) is 15.3. The maximum absolute atomic E-state index is 3.85. The SMILES string of the molecule is CC[C@H]1[C@@H](C)C([C@H]2NCC[C@H]2C(C)C)CCN1CC. The third-order valence-electron chi connectivity index (χ3n) is 5.96. The summed E-state index contributed by atoms with van der Waals surface area (Å²) in [7, 11) is 0. The second-order valence-corrected chi connectivity index (χ2v) is 7.09. The number of nitrogens with zero attached hydrogens (tertiary/aromatic N) is 1. The first-order valence-electron chi connectivity index (χ1n) is 8.57. The minimum Gasteiger partial charge on any atom is -0.313 e. The van der Waals surface area contributed by atoms with Crippen LogP contribution in [0.15, 0.2) is 0 Å². The van der Waals surface area contributed by atoms with Gasteiger partial charge in [0.2, 0.25) is 0 Å². The molecule has 2 aliphatic heterocycles. The first-order chi connectivity index (χ1) is 9.10. The number of hydrogen-bond acceptors (Lipinski definition) is 2. The van der Waals surface area contributed by atoms with Gasteiger partial charge < -0.3 is 10.2 Å². The second-order valence-electron chi connectivity index (χ2n) is 7.09. The largest absolute Gasteiger partial charge is 0.313 e. The molecule has 2 heteroatoms.